The first-order chi connectivity index (χ1) is 17.2. The number of methoxy groups -OCH3 is 2. The van der Waals surface area contributed by atoms with Crippen LogP contribution in [0.5, 0.6) is 17.4 Å². The minimum atomic E-state index is -3.99. The molecular formula is C23H23ClN6O5S. The molecule has 1 aliphatic carbocycles. The maximum atomic E-state index is 12.5. The standard InChI is InChI=1S/C23H23ClN6O5S/c1-4-35-16-10-5-7-13(26-16)21-29-20-22(30(21)17-14(33-2)8-6-9-15(17)34-3)27-18(19(24)28-20)23(11-12-23)36(25,31)32/h5-10H,4,11-12H2,1-3H3,(H2,25,31,32). The highest BCUT2D eigenvalue weighted by atomic mass is 35.5. The predicted octanol–water partition coefficient (Wildman–Crippen LogP) is 3.22. The molecule has 0 bridgehead atoms. The molecule has 5 rings (SSSR count). The molecule has 188 valence electrons. The molecule has 1 aromatic carbocycles. The van der Waals surface area contributed by atoms with Gasteiger partial charge in [0.2, 0.25) is 15.9 Å². The number of rotatable bonds is 8. The van der Waals surface area contributed by atoms with E-state index in [4.69, 9.17) is 31.0 Å². The Kier molecular flexibility index (Phi) is 5.97. The van der Waals surface area contributed by atoms with Gasteiger partial charge in [0.1, 0.15) is 33.3 Å². The summed E-state index contributed by atoms with van der Waals surface area (Å²) in [6.07, 6.45) is 0.589. The molecule has 1 aliphatic rings. The van der Waals surface area contributed by atoms with Gasteiger partial charge in [-0.05, 0) is 38.0 Å². The number of ether oxygens (including phenoxy) is 3. The SMILES string of the molecule is CCOc1cccc(-c2nc3nc(Cl)c(C4(S(N)(=O)=O)CC4)nc3n2-c2c(OC)cccc2OC)n1. The van der Waals surface area contributed by atoms with Crippen LogP contribution in [0, 0.1) is 0 Å². The van der Waals surface area contributed by atoms with Crippen molar-refractivity contribution in [3.63, 3.8) is 0 Å². The van der Waals surface area contributed by atoms with E-state index in [1.807, 2.05) is 6.92 Å². The van der Waals surface area contributed by atoms with E-state index in [2.05, 4.69) is 19.9 Å². The molecule has 3 aromatic heterocycles. The third-order valence-corrected chi connectivity index (χ3v) is 7.96. The van der Waals surface area contributed by atoms with Gasteiger partial charge in [0.15, 0.2) is 22.3 Å². The summed E-state index contributed by atoms with van der Waals surface area (Å²) < 4.78 is 42.0. The Morgan fingerprint density at radius 3 is 2.28 bits per heavy atom. The Balaban J connectivity index is 1.88. The fourth-order valence-corrected chi connectivity index (χ4v) is 5.58. The third kappa shape index (κ3) is 3.81. The van der Waals surface area contributed by atoms with Crippen LogP contribution in [0.3, 0.4) is 0 Å². The fourth-order valence-electron chi connectivity index (χ4n) is 4.14. The zero-order valence-electron chi connectivity index (χ0n) is 19.7. The number of hydrogen-bond acceptors (Lipinski definition) is 9. The van der Waals surface area contributed by atoms with Gasteiger partial charge in [-0.15, -0.1) is 0 Å². The zero-order valence-corrected chi connectivity index (χ0v) is 21.3. The van der Waals surface area contributed by atoms with Gasteiger partial charge in [0, 0.05) is 6.07 Å². The number of aromatic nitrogens is 5. The summed E-state index contributed by atoms with van der Waals surface area (Å²) >= 11 is 6.44. The maximum Gasteiger partial charge on any atom is 0.220 e. The van der Waals surface area contributed by atoms with E-state index in [1.165, 1.54) is 14.2 Å². The van der Waals surface area contributed by atoms with Crippen molar-refractivity contribution in [2.75, 3.05) is 20.8 Å². The van der Waals surface area contributed by atoms with E-state index >= 15 is 0 Å². The molecule has 11 nitrogen and oxygen atoms in total. The lowest BCUT2D eigenvalue weighted by Gasteiger charge is -2.17. The number of primary sulfonamides is 1. The van der Waals surface area contributed by atoms with Crippen molar-refractivity contribution in [3.8, 4) is 34.6 Å². The number of halogens is 1. The number of hydrogen-bond donors (Lipinski definition) is 1. The van der Waals surface area contributed by atoms with E-state index in [-0.39, 0.29) is 22.1 Å². The second kappa shape index (κ2) is 8.87. The Bertz CT molecular complexity index is 1560. The van der Waals surface area contributed by atoms with Crippen LogP contribution >= 0.6 is 11.6 Å². The number of benzene rings is 1. The minimum Gasteiger partial charge on any atom is -0.494 e. The Morgan fingerprint density at radius 1 is 1.03 bits per heavy atom. The lowest BCUT2D eigenvalue weighted by atomic mass is 10.2. The molecule has 0 amide bonds. The molecule has 1 fully saturated rings. The van der Waals surface area contributed by atoms with E-state index in [9.17, 15) is 8.42 Å². The summed E-state index contributed by atoms with van der Waals surface area (Å²) in [7, 11) is -0.937. The summed E-state index contributed by atoms with van der Waals surface area (Å²) in [5.41, 5.74) is 1.44. The van der Waals surface area contributed by atoms with Crippen molar-refractivity contribution >= 4 is 32.9 Å². The fraction of sp³-hybridized carbons (Fsp3) is 0.304. The molecule has 2 N–H and O–H groups in total. The van der Waals surface area contributed by atoms with Crippen LogP contribution in [0.2, 0.25) is 5.15 Å². The van der Waals surface area contributed by atoms with Crippen molar-refractivity contribution in [2.24, 2.45) is 5.14 Å². The van der Waals surface area contributed by atoms with E-state index in [1.54, 1.807) is 41.0 Å². The summed E-state index contributed by atoms with van der Waals surface area (Å²) in [5.74, 6) is 1.68. The van der Waals surface area contributed by atoms with Gasteiger partial charge in [0.25, 0.3) is 0 Å². The Morgan fingerprint density at radius 2 is 1.69 bits per heavy atom. The molecule has 0 spiro atoms. The van der Waals surface area contributed by atoms with Crippen molar-refractivity contribution in [2.45, 2.75) is 24.5 Å². The average molecular weight is 531 g/mol. The number of pyridine rings is 1. The largest absolute Gasteiger partial charge is 0.494 e. The molecule has 4 aromatic rings. The van der Waals surface area contributed by atoms with Crippen LogP contribution in [0.1, 0.15) is 25.5 Å². The van der Waals surface area contributed by atoms with Crippen molar-refractivity contribution in [3.05, 3.63) is 47.2 Å². The quantitative estimate of drug-likeness (QED) is 0.363. The average Bonchev–Trinajstić information content (AvgIpc) is 3.60. The topological polar surface area (TPSA) is 144 Å². The van der Waals surface area contributed by atoms with Gasteiger partial charge in [-0.25, -0.2) is 33.5 Å². The Hall–Kier alpha value is -3.48. The van der Waals surface area contributed by atoms with Crippen molar-refractivity contribution in [1.29, 1.82) is 0 Å². The Labute approximate surface area is 212 Å². The first-order valence-corrected chi connectivity index (χ1v) is 13.0. The highest BCUT2D eigenvalue weighted by Crippen LogP contribution is 2.53. The van der Waals surface area contributed by atoms with Crippen LogP contribution in [0.4, 0.5) is 0 Å². The maximum absolute atomic E-state index is 12.5. The number of sulfonamides is 1. The number of nitrogens with two attached hydrogens (primary N) is 1. The smallest absolute Gasteiger partial charge is 0.220 e. The first kappa shape index (κ1) is 24.2. The van der Waals surface area contributed by atoms with Crippen LogP contribution in [0.15, 0.2) is 36.4 Å². The highest BCUT2D eigenvalue weighted by molar-refractivity contribution is 7.90. The lowest BCUT2D eigenvalue weighted by Crippen LogP contribution is -2.30. The van der Waals surface area contributed by atoms with Gasteiger partial charge >= 0.3 is 0 Å². The van der Waals surface area contributed by atoms with Gasteiger partial charge in [-0.2, -0.15) is 0 Å². The number of para-hydroxylation sites is 1. The first-order valence-electron chi connectivity index (χ1n) is 11.0. The summed E-state index contributed by atoms with van der Waals surface area (Å²) in [6.45, 7) is 2.30. The molecular weight excluding hydrogens is 508 g/mol. The summed E-state index contributed by atoms with van der Waals surface area (Å²) in [5, 5.41) is 5.49. The highest BCUT2D eigenvalue weighted by Gasteiger charge is 2.57. The van der Waals surface area contributed by atoms with Crippen molar-refractivity contribution in [1.82, 2.24) is 24.5 Å². The lowest BCUT2D eigenvalue weighted by molar-refractivity contribution is 0.327. The molecule has 0 aliphatic heterocycles. The van der Waals surface area contributed by atoms with Gasteiger partial charge < -0.3 is 14.2 Å². The monoisotopic (exact) mass is 530 g/mol. The van der Waals surface area contributed by atoms with Crippen molar-refractivity contribution < 1.29 is 22.6 Å². The van der Waals surface area contributed by atoms with Crippen LogP contribution in [0.25, 0.3) is 28.5 Å². The van der Waals surface area contributed by atoms with Gasteiger partial charge in [-0.1, -0.05) is 23.7 Å². The molecule has 0 radical (unpaired) electrons. The molecule has 0 saturated heterocycles. The van der Waals surface area contributed by atoms with E-state index < -0.39 is 14.8 Å². The molecule has 36 heavy (non-hydrogen) atoms. The molecule has 1 saturated carbocycles. The number of imidazole rings is 1. The predicted molar refractivity (Wildman–Crippen MR) is 133 cm³/mol. The van der Waals surface area contributed by atoms with E-state index in [0.29, 0.717) is 54.0 Å². The summed E-state index contributed by atoms with van der Waals surface area (Å²) in [4.78, 5) is 18.3. The third-order valence-electron chi connectivity index (χ3n) is 6.00. The van der Waals surface area contributed by atoms with E-state index in [0.717, 1.165) is 0 Å². The molecule has 0 unspecified atom stereocenters. The van der Waals surface area contributed by atoms with Crippen LogP contribution < -0.4 is 19.3 Å². The molecule has 13 heteroatoms. The summed E-state index contributed by atoms with van der Waals surface area (Å²) in [6, 6.07) is 10.6. The zero-order chi connectivity index (χ0) is 25.7. The molecule has 3 heterocycles. The second-order valence-electron chi connectivity index (χ2n) is 8.13. The van der Waals surface area contributed by atoms with Crippen LogP contribution in [-0.2, 0) is 14.8 Å². The normalized spacial score (nSPS) is 14.6. The minimum absolute atomic E-state index is 0.0757. The van der Waals surface area contributed by atoms with Crippen LogP contribution in [-0.4, -0.2) is 53.7 Å². The van der Waals surface area contributed by atoms with Gasteiger partial charge in [0.05, 0.1) is 20.8 Å². The van der Waals surface area contributed by atoms with Gasteiger partial charge in [-0.3, -0.25) is 4.57 Å². The molecule has 0 atom stereocenters. The second-order valence-corrected chi connectivity index (χ2v) is 10.4. The number of nitrogens with zero attached hydrogens (tertiary/aromatic N) is 5. The number of fused-ring (bicyclic) bond motifs is 1.